The van der Waals surface area contributed by atoms with E-state index in [4.69, 9.17) is 16.6 Å². The number of primary amides is 1. The molecule has 0 atom stereocenters. The van der Waals surface area contributed by atoms with Crippen molar-refractivity contribution in [1.82, 2.24) is 0 Å². The molecule has 0 saturated heterocycles. The zero-order valence-electron chi connectivity index (χ0n) is 8.36. The van der Waals surface area contributed by atoms with Crippen molar-refractivity contribution in [2.45, 2.75) is 6.42 Å². The molecular formula is C11H10N2O3. The summed E-state index contributed by atoms with van der Waals surface area (Å²) in [6, 6.07) is 4.19. The number of carbonyl (C=O) groups is 2. The van der Waals surface area contributed by atoms with Gasteiger partial charge in [0.25, 0.3) is 0 Å². The highest BCUT2D eigenvalue weighted by molar-refractivity contribution is 5.89. The molecule has 0 aliphatic carbocycles. The molecule has 16 heavy (non-hydrogen) atoms. The van der Waals surface area contributed by atoms with Gasteiger partial charge in [0.1, 0.15) is 0 Å². The van der Waals surface area contributed by atoms with Gasteiger partial charge in [-0.2, -0.15) is 0 Å². The summed E-state index contributed by atoms with van der Waals surface area (Å²) < 4.78 is 0. The Morgan fingerprint density at radius 2 is 2.06 bits per heavy atom. The zero-order chi connectivity index (χ0) is 12.1. The third-order valence-corrected chi connectivity index (χ3v) is 1.79. The van der Waals surface area contributed by atoms with E-state index in [1.165, 1.54) is 18.2 Å². The summed E-state index contributed by atoms with van der Waals surface area (Å²) in [5, 5.41) is 8.75. The van der Waals surface area contributed by atoms with Crippen molar-refractivity contribution in [3.8, 4) is 11.8 Å². The number of hydrogen-bond acceptors (Lipinski definition) is 3. The van der Waals surface area contributed by atoms with E-state index in [0.29, 0.717) is 11.3 Å². The van der Waals surface area contributed by atoms with E-state index in [9.17, 15) is 9.59 Å². The molecule has 0 spiro atoms. The number of carbonyl (C=O) groups excluding carboxylic acids is 1. The van der Waals surface area contributed by atoms with E-state index in [-0.39, 0.29) is 12.0 Å². The average Bonchev–Trinajstić information content (AvgIpc) is 2.20. The Morgan fingerprint density at radius 3 is 2.62 bits per heavy atom. The van der Waals surface area contributed by atoms with Crippen molar-refractivity contribution in [1.29, 1.82) is 0 Å². The normalized spacial score (nSPS) is 9.00. The predicted octanol–water partition coefficient (Wildman–Crippen LogP) is 0.194. The van der Waals surface area contributed by atoms with Crippen LogP contribution in [-0.2, 0) is 4.79 Å². The van der Waals surface area contributed by atoms with E-state index in [0.717, 1.165) is 0 Å². The van der Waals surface area contributed by atoms with Crippen molar-refractivity contribution in [2.24, 2.45) is 5.73 Å². The van der Waals surface area contributed by atoms with Crippen molar-refractivity contribution in [3.63, 3.8) is 0 Å². The minimum atomic E-state index is -1.06. The van der Waals surface area contributed by atoms with Gasteiger partial charge in [0.15, 0.2) is 0 Å². The zero-order valence-corrected chi connectivity index (χ0v) is 8.36. The minimum absolute atomic E-state index is 0.0866. The minimum Gasteiger partial charge on any atom is -0.478 e. The Kier molecular flexibility index (Phi) is 3.51. The number of amides is 1. The molecule has 1 rings (SSSR count). The van der Waals surface area contributed by atoms with Crippen molar-refractivity contribution < 1.29 is 14.7 Å². The molecule has 1 aromatic rings. The van der Waals surface area contributed by atoms with Gasteiger partial charge in [-0.05, 0) is 18.2 Å². The molecule has 82 valence electrons. The van der Waals surface area contributed by atoms with Crippen LogP contribution in [0.4, 0.5) is 5.69 Å². The van der Waals surface area contributed by atoms with Crippen LogP contribution in [0.15, 0.2) is 18.2 Å². The average molecular weight is 218 g/mol. The standard InChI is InChI=1S/C11H10N2O3/c12-9-5-4-8(11(15)16)6-7(9)2-1-3-10(13)14/h4-6H,3,12H2,(H2,13,14)(H,15,16). The fraction of sp³-hybridized carbons (Fsp3) is 0.0909. The lowest BCUT2D eigenvalue weighted by Gasteiger charge is -1.99. The highest BCUT2D eigenvalue weighted by Crippen LogP contribution is 2.12. The lowest BCUT2D eigenvalue weighted by molar-refractivity contribution is -0.117. The Hall–Kier alpha value is -2.48. The highest BCUT2D eigenvalue weighted by atomic mass is 16.4. The summed E-state index contributed by atoms with van der Waals surface area (Å²) in [5.74, 6) is 3.51. The molecule has 0 fully saturated rings. The Morgan fingerprint density at radius 1 is 1.38 bits per heavy atom. The first-order valence-corrected chi connectivity index (χ1v) is 4.40. The molecule has 0 radical (unpaired) electrons. The van der Waals surface area contributed by atoms with Crippen LogP contribution in [0.1, 0.15) is 22.3 Å². The number of aromatic carboxylic acids is 1. The molecule has 5 N–H and O–H groups in total. The maximum Gasteiger partial charge on any atom is 0.335 e. The molecule has 0 aliphatic heterocycles. The van der Waals surface area contributed by atoms with Gasteiger partial charge in [-0.25, -0.2) is 4.79 Å². The van der Waals surface area contributed by atoms with Gasteiger partial charge in [-0.15, -0.1) is 0 Å². The molecule has 0 heterocycles. The molecule has 0 bridgehead atoms. The second-order valence-electron chi connectivity index (χ2n) is 3.05. The lowest BCUT2D eigenvalue weighted by Crippen LogP contribution is -2.08. The molecule has 5 nitrogen and oxygen atoms in total. The summed E-state index contributed by atoms with van der Waals surface area (Å²) >= 11 is 0. The van der Waals surface area contributed by atoms with Crippen LogP contribution < -0.4 is 11.5 Å². The van der Waals surface area contributed by atoms with Gasteiger partial charge >= 0.3 is 5.97 Å². The van der Waals surface area contributed by atoms with Crippen LogP contribution in [0.3, 0.4) is 0 Å². The third-order valence-electron chi connectivity index (χ3n) is 1.79. The number of carboxylic acids is 1. The maximum absolute atomic E-state index is 10.7. The maximum atomic E-state index is 10.7. The Balaban J connectivity index is 3.01. The summed E-state index contributed by atoms with van der Waals surface area (Å²) in [6.07, 6.45) is -0.0866. The van der Waals surface area contributed by atoms with Crippen molar-refractivity contribution >= 4 is 17.6 Å². The van der Waals surface area contributed by atoms with Crippen LogP contribution in [0, 0.1) is 11.8 Å². The predicted molar refractivity (Wildman–Crippen MR) is 58.5 cm³/mol. The fourth-order valence-electron chi connectivity index (χ4n) is 1.02. The first-order valence-electron chi connectivity index (χ1n) is 4.40. The van der Waals surface area contributed by atoms with Crippen LogP contribution >= 0.6 is 0 Å². The van der Waals surface area contributed by atoms with Crippen molar-refractivity contribution in [3.05, 3.63) is 29.3 Å². The third kappa shape index (κ3) is 3.03. The first-order chi connectivity index (χ1) is 7.50. The van der Waals surface area contributed by atoms with Crippen LogP contribution in [0.5, 0.6) is 0 Å². The van der Waals surface area contributed by atoms with E-state index >= 15 is 0 Å². The van der Waals surface area contributed by atoms with Crippen LogP contribution in [0.25, 0.3) is 0 Å². The van der Waals surface area contributed by atoms with Crippen LogP contribution in [-0.4, -0.2) is 17.0 Å². The van der Waals surface area contributed by atoms with Crippen molar-refractivity contribution in [2.75, 3.05) is 5.73 Å². The van der Waals surface area contributed by atoms with Gasteiger partial charge in [-0.3, -0.25) is 4.79 Å². The van der Waals surface area contributed by atoms with Gasteiger partial charge in [0, 0.05) is 11.3 Å². The highest BCUT2D eigenvalue weighted by Gasteiger charge is 2.04. The monoisotopic (exact) mass is 218 g/mol. The number of carboxylic acid groups (broad SMARTS) is 1. The SMILES string of the molecule is NC(=O)CC#Cc1cc(C(=O)O)ccc1N. The Bertz CT molecular complexity index is 498. The first kappa shape index (κ1) is 11.6. The van der Waals surface area contributed by atoms with Gasteiger partial charge in [-0.1, -0.05) is 11.8 Å². The number of rotatable bonds is 2. The molecule has 5 heteroatoms. The molecule has 0 aliphatic rings. The number of benzene rings is 1. The second kappa shape index (κ2) is 4.84. The van der Waals surface area contributed by atoms with E-state index in [1.54, 1.807) is 0 Å². The molecule has 0 aromatic heterocycles. The fourth-order valence-corrected chi connectivity index (χ4v) is 1.02. The molecule has 1 amide bonds. The quantitative estimate of drug-likeness (QED) is 0.486. The summed E-state index contributed by atoms with van der Waals surface area (Å²) in [4.78, 5) is 21.1. The second-order valence-corrected chi connectivity index (χ2v) is 3.05. The van der Waals surface area contributed by atoms with Gasteiger partial charge in [0.05, 0.1) is 12.0 Å². The molecule has 0 unspecified atom stereocenters. The molecular weight excluding hydrogens is 208 g/mol. The number of hydrogen-bond donors (Lipinski definition) is 3. The summed E-state index contributed by atoms with van der Waals surface area (Å²) in [7, 11) is 0. The lowest BCUT2D eigenvalue weighted by atomic mass is 10.1. The van der Waals surface area contributed by atoms with E-state index in [1.807, 2.05) is 0 Å². The number of nitrogen functional groups attached to an aromatic ring is 1. The topological polar surface area (TPSA) is 106 Å². The molecule has 1 aromatic carbocycles. The summed E-state index contributed by atoms with van der Waals surface area (Å²) in [5.41, 5.74) is 11.3. The van der Waals surface area contributed by atoms with Gasteiger partial charge in [0.2, 0.25) is 5.91 Å². The van der Waals surface area contributed by atoms with E-state index in [2.05, 4.69) is 11.8 Å². The molecule has 0 saturated carbocycles. The summed E-state index contributed by atoms with van der Waals surface area (Å²) in [6.45, 7) is 0. The van der Waals surface area contributed by atoms with Gasteiger partial charge < -0.3 is 16.6 Å². The number of anilines is 1. The Labute approximate surface area is 92.1 Å². The number of nitrogens with two attached hydrogens (primary N) is 2. The van der Waals surface area contributed by atoms with Crippen LogP contribution in [0.2, 0.25) is 0 Å². The smallest absolute Gasteiger partial charge is 0.335 e. The van der Waals surface area contributed by atoms with E-state index < -0.39 is 11.9 Å². The largest absolute Gasteiger partial charge is 0.478 e.